The molecule has 0 aromatic rings. The summed E-state index contributed by atoms with van der Waals surface area (Å²) in [6, 6.07) is -1.58. The first-order valence-electron chi connectivity index (χ1n) is 25.4. The van der Waals surface area contributed by atoms with Crippen LogP contribution in [0.3, 0.4) is 0 Å². The van der Waals surface area contributed by atoms with E-state index in [0.717, 1.165) is 70.6 Å². The number of hydrogen-bond acceptors (Lipinski definition) is 11. The van der Waals surface area contributed by atoms with Crippen LogP contribution in [0.25, 0.3) is 0 Å². The van der Waals surface area contributed by atoms with E-state index in [2.05, 4.69) is 26.1 Å². The molecule has 0 saturated carbocycles. The number of carbonyl (C=O) groups excluding carboxylic acids is 3. The van der Waals surface area contributed by atoms with Crippen LogP contribution in [0.4, 0.5) is 0 Å². The number of rotatable bonds is 42. The summed E-state index contributed by atoms with van der Waals surface area (Å²) in [7, 11) is -5.29. The standard InChI is InChI=1S/C48H92NO13P/c1-4-7-10-13-16-19-20-23-26-29-32-35-43(53)59-40(34-31-28-25-22-18-15-12-9-6-3)37-44(54)61-47-45(48(55)60-41(38-50)46(47)62-63(56,57)58)49-42(52)36-39(51)33-30-27-24-21-17-14-11-8-5-2/h39-41,45-48,50-51,55H,4-38H2,1-3H3,(H,49,52)(H2,56,57,58)/t39-,40-,41?,45?,46-,47-,48-/m1/s1. The highest BCUT2D eigenvalue weighted by Crippen LogP contribution is 2.42. The molecule has 0 aromatic heterocycles. The zero-order valence-corrected chi connectivity index (χ0v) is 40.6. The van der Waals surface area contributed by atoms with Crippen LogP contribution in [0, 0.1) is 0 Å². The molecule has 1 fully saturated rings. The van der Waals surface area contributed by atoms with Crippen LogP contribution in [0.15, 0.2) is 0 Å². The molecule has 1 aliphatic heterocycles. The molecule has 1 amide bonds. The summed E-state index contributed by atoms with van der Waals surface area (Å²) in [6.45, 7) is 5.72. The molecule has 6 N–H and O–H groups in total. The van der Waals surface area contributed by atoms with E-state index in [1.807, 2.05) is 0 Å². The predicted octanol–water partition coefficient (Wildman–Crippen LogP) is 10.2. The number of esters is 2. The number of carbonyl (C=O) groups is 3. The number of amides is 1. The van der Waals surface area contributed by atoms with E-state index in [9.17, 15) is 44.1 Å². The fourth-order valence-electron chi connectivity index (χ4n) is 8.35. The van der Waals surface area contributed by atoms with Crippen molar-refractivity contribution in [1.29, 1.82) is 0 Å². The van der Waals surface area contributed by atoms with Gasteiger partial charge in [-0.15, -0.1) is 0 Å². The fraction of sp³-hybridized carbons (Fsp3) is 0.938. The van der Waals surface area contributed by atoms with E-state index in [1.165, 1.54) is 103 Å². The van der Waals surface area contributed by atoms with E-state index in [4.69, 9.17) is 18.7 Å². The van der Waals surface area contributed by atoms with Crippen molar-refractivity contribution in [2.24, 2.45) is 0 Å². The van der Waals surface area contributed by atoms with Crippen LogP contribution >= 0.6 is 7.82 Å². The highest BCUT2D eigenvalue weighted by atomic mass is 31.2. The first-order chi connectivity index (χ1) is 30.3. The predicted molar refractivity (Wildman–Crippen MR) is 247 cm³/mol. The zero-order valence-electron chi connectivity index (χ0n) is 39.7. The van der Waals surface area contributed by atoms with E-state index >= 15 is 0 Å². The van der Waals surface area contributed by atoms with Gasteiger partial charge in [0.15, 0.2) is 12.4 Å². The largest absolute Gasteiger partial charge is 0.470 e. The van der Waals surface area contributed by atoms with Gasteiger partial charge in [0, 0.05) is 6.42 Å². The van der Waals surface area contributed by atoms with Crippen LogP contribution in [-0.2, 0) is 37.7 Å². The Bertz CT molecular complexity index is 1190. The molecule has 2 unspecified atom stereocenters. The van der Waals surface area contributed by atoms with Gasteiger partial charge in [-0.3, -0.25) is 18.9 Å². The molecule has 7 atom stereocenters. The van der Waals surface area contributed by atoms with Crippen molar-refractivity contribution in [3.8, 4) is 0 Å². The van der Waals surface area contributed by atoms with Gasteiger partial charge in [0.1, 0.15) is 24.4 Å². The van der Waals surface area contributed by atoms with Gasteiger partial charge in [-0.25, -0.2) is 4.57 Å². The molecular weight excluding hydrogens is 829 g/mol. The number of aliphatic hydroxyl groups is 3. The van der Waals surface area contributed by atoms with Gasteiger partial charge in [0.2, 0.25) is 5.91 Å². The zero-order chi connectivity index (χ0) is 46.6. The lowest BCUT2D eigenvalue weighted by Gasteiger charge is -2.43. The highest BCUT2D eigenvalue weighted by molar-refractivity contribution is 7.46. The van der Waals surface area contributed by atoms with E-state index in [1.54, 1.807) is 0 Å². The molecule has 0 radical (unpaired) electrons. The molecule has 0 aromatic carbocycles. The minimum atomic E-state index is -5.29. The fourth-order valence-corrected chi connectivity index (χ4v) is 8.92. The van der Waals surface area contributed by atoms with E-state index < -0.39 is 75.1 Å². The molecule has 1 rings (SSSR count). The first kappa shape index (κ1) is 59.4. The summed E-state index contributed by atoms with van der Waals surface area (Å²) >= 11 is 0. The van der Waals surface area contributed by atoms with Crippen molar-refractivity contribution < 1.29 is 62.8 Å². The molecule has 63 heavy (non-hydrogen) atoms. The molecule has 1 heterocycles. The van der Waals surface area contributed by atoms with Crippen molar-refractivity contribution >= 4 is 25.7 Å². The second-order valence-electron chi connectivity index (χ2n) is 18.0. The Kier molecular flexibility index (Phi) is 36.3. The van der Waals surface area contributed by atoms with Gasteiger partial charge in [0.05, 0.1) is 25.6 Å². The van der Waals surface area contributed by atoms with Gasteiger partial charge in [-0.1, -0.05) is 194 Å². The molecule has 372 valence electrons. The van der Waals surface area contributed by atoms with Crippen LogP contribution in [0.2, 0.25) is 0 Å². The topological polar surface area (TPSA) is 218 Å². The number of hydrogen-bond donors (Lipinski definition) is 6. The maximum atomic E-state index is 13.7. The molecular formula is C48H92NO13P. The Morgan fingerprint density at radius 3 is 1.48 bits per heavy atom. The van der Waals surface area contributed by atoms with E-state index in [-0.39, 0.29) is 19.3 Å². The minimum absolute atomic E-state index is 0.210. The van der Waals surface area contributed by atoms with Gasteiger partial charge in [0.25, 0.3) is 0 Å². The number of unbranched alkanes of at least 4 members (excludes halogenated alkanes) is 26. The molecule has 1 aliphatic rings. The van der Waals surface area contributed by atoms with Gasteiger partial charge in [-0.2, -0.15) is 0 Å². The number of phosphoric ester groups is 1. The Balaban J connectivity index is 2.94. The van der Waals surface area contributed by atoms with Gasteiger partial charge < -0.3 is 44.6 Å². The molecule has 14 nitrogen and oxygen atoms in total. The Morgan fingerprint density at radius 2 is 1.03 bits per heavy atom. The average molecular weight is 922 g/mol. The van der Waals surface area contributed by atoms with Crippen LogP contribution in [-0.4, -0.2) is 92.4 Å². The monoisotopic (exact) mass is 922 g/mol. The molecule has 0 spiro atoms. The lowest BCUT2D eigenvalue weighted by Crippen LogP contribution is -2.65. The summed E-state index contributed by atoms with van der Waals surface area (Å²) in [5, 5.41) is 34.2. The number of ether oxygens (including phenoxy) is 3. The Hall–Kier alpha value is -1.64. The van der Waals surface area contributed by atoms with Crippen molar-refractivity contribution in [3.05, 3.63) is 0 Å². The Labute approximate surface area is 381 Å². The van der Waals surface area contributed by atoms with Crippen LogP contribution < -0.4 is 5.32 Å². The quantitative estimate of drug-likeness (QED) is 0.0191. The minimum Gasteiger partial charge on any atom is -0.462 e. The molecule has 15 heteroatoms. The molecule has 0 bridgehead atoms. The van der Waals surface area contributed by atoms with Crippen molar-refractivity contribution in [2.45, 2.75) is 282 Å². The third-order valence-electron chi connectivity index (χ3n) is 12.1. The van der Waals surface area contributed by atoms with Gasteiger partial charge in [-0.05, 0) is 25.7 Å². The number of phosphoric acid groups is 1. The SMILES string of the molecule is CCCCCCCCCCCCCC(=O)O[C@H](CCCCCCCCCCC)CC(=O)O[C@@H]1C(NC(=O)C[C@H](O)CCCCCCCCCCC)[C@H](O)OC(CO)[C@H]1OP(=O)(O)O. The van der Waals surface area contributed by atoms with Crippen LogP contribution in [0.5, 0.6) is 0 Å². The maximum Gasteiger partial charge on any atom is 0.470 e. The smallest absolute Gasteiger partial charge is 0.462 e. The number of aliphatic hydroxyl groups excluding tert-OH is 3. The van der Waals surface area contributed by atoms with Crippen molar-refractivity contribution in [2.75, 3.05) is 6.61 Å². The van der Waals surface area contributed by atoms with Gasteiger partial charge >= 0.3 is 19.8 Å². The first-order valence-corrected chi connectivity index (χ1v) is 26.9. The third-order valence-corrected chi connectivity index (χ3v) is 12.6. The second kappa shape index (κ2) is 38.5. The Morgan fingerprint density at radius 1 is 0.603 bits per heavy atom. The van der Waals surface area contributed by atoms with E-state index in [0.29, 0.717) is 25.7 Å². The second-order valence-corrected chi connectivity index (χ2v) is 19.2. The van der Waals surface area contributed by atoms with Crippen LogP contribution in [0.1, 0.15) is 239 Å². The summed E-state index contributed by atoms with van der Waals surface area (Å²) in [6.07, 6.45) is 23.6. The number of nitrogens with one attached hydrogen (secondary N) is 1. The summed E-state index contributed by atoms with van der Waals surface area (Å²) in [5.74, 6) is -2.06. The lowest BCUT2D eigenvalue weighted by molar-refractivity contribution is -0.256. The summed E-state index contributed by atoms with van der Waals surface area (Å²) < 4.78 is 34.1. The highest BCUT2D eigenvalue weighted by Gasteiger charge is 2.51. The summed E-state index contributed by atoms with van der Waals surface area (Å²) in [4.78, 5) is 59.5. The third kappa shape index (κ3) is 31.8. The van der Waals surface area contributed by atoms with Crippen molar-refractivity contribution in [3.63, 3.8) is 0 Å². The average Bonchev–Trinajstić information content (AvgIpc) is 3.23. The van der Waals surface area contributed by atoms with Crippen molar-refractivity contribution in [1.82, 2.24) is 5.32 Å². The molecule has 0 aliphatic carbocycles. The maximum absolute atomic E-state index is 13.7. The summed E-state index contributed by atoms with van der Waals surface area (Å²) in [5.41, 5.74) is 0. The lowest BCUT2D eigenvalue weighted by atomic mass is 9.96. The molecule has 1 saturated heterocycles. The normalized spacial score (nSPS) is 20.0.